The van der Waals surface area contributed by atoms with Crippen LogP contribution in [0.3, 0.4) is 0 Å². The molecular weight excluding hydrogens is 208 g/mol. The molecule has 0 aliphatic heterocycles. The Labute approximate surface area is 95.1 Å². The second-order valence-corrected chi connectivity index (χ2v) is 3.59. The predicted octanol–water partition coefficient (Wildman–Crippen LogP) is 0.874. The second kappa shape index (κ2) is 6.24. The van der Waals surface area contributed by atoms with Crippen LogP contribution in [-0.2, 0) is 4.74 Å². The summed E-state index contributed by atoms with van der Waals surface area (Å²) in [7, 11) is 0. The van der Waals surface area contributed by atoms with E-state index in [1.165, 1.54) is 0 Å². The Morgan fingerprint density at radius 1 is 1.44 bits per heavy atom. The summed E-state index contributed by atoms with van der Waals surface area (Å²) in [6, 6.07) is 0. The quantitative estimate of drug-likeness (QED) is 0.425. The van der Waals surface area contributed by atoms with Crippen molar-refractivity contribution in [2.45, 2.75) is 26.9 Å². The number of nitrogens with zero attached hydrogens (tertiary/aromatic N) is 2. The summed E-state index contributed by atoms with van der Waals surface area (Å²) in [5.74, 6) is 6.07. The van der Waals surface area contributed by atoms with E-state index in [0.717, 1.165) is 5.56 Å². The van der Waals surface area contributed by atoms with Crippen LogP contribution >= 0.6 is 0 Å². The number of rotatable bonds is 6. The van der Waals surface area contributed by atoms with Crippen LogP contribution in [0.15, 0.2) is 6.20 Å². The topological polar surface area (TPSA) is 82.3 Å². The van der Waals surface area contributed by atoms with Gasteiger partial charge in [-0.15, -0.1) is 0 Å². The van der Waals surface area contributed by atoms with Gasteiger partial charge in [-0.25, -0.2) is 10.8 Å². The number of anilines is 1. The monoisotopic (exact) mass is 226 g/mol. The van der Waals surface area contributed by atoms with Crippen molar-refractivity contribution >= 4 is 5.95 Å². The summed E-state index contributed by atoms with van der Waals surface area (Å²) in [5, 5.41) is 0. The minimum absolute atomic E-state index is 0.205. The van der Waals surface area contributed by atoms with Crippen molar-refractivity contribution in [1.29, 1.82) is 0 Å². The van der Waals surface area contributed by atoms with Crippen LogP contribution in [0.1, 0.15) is 19.4 Å². The average molecular weight is 226 g/mol. The first-order valence-electron chi connectivity index (χ1n) is 5.18. The maximum absolute atomic E-state index is 5.46. The molecule has 90 valence electrons. The summed E-state index contributed by atoms with van der Waals surface area (Å²) < 4.78 is 10.8. The minimum Gasteiger partial charge on any atom is -0.475 e. The highest BCUT2D eigenvalue weighted by molar-refractivity contribution is 5.31. The number of nitrogens with one attached hydrogen (secondary N) is 1. The third kappa shape index (κ3) is 4.00. The lowest BCUT2D eigenvalue weighted by atomic mass is 10.4. The normalized spacial score (nSPS) is 10.6. The van der Waals surface area contributed by atoms with Crippen molar-refractivity contribution in [1.82, 2.24) is 9.97 Å². The highest BCUT2D eigenvalue weighted by atomic mass is 16.5. The lowest BCUT2D eigenvalue weighted by molar-refractivity contribution is 0.0541. The van der Waals surface area contributed by atoms with Crippen molar-refractivity contribution in [2.24, 2.45) is 5.84 Å². The Bertz CT molecular complexity index is 331. The molecule has 1 aromatic heterocycles. The summed E-state index contributed by atoms with van der Waals surface area (Å²) in [5.41, 5.74) is 3.23. The molecule has 0 amide bonds. The number of hydrogen-bond acceptors (Lipinski definition) is 6. The van der Waals surface area contributed by atoms with E-state index >= 15 is 0 Å². The molecule has 0 radical (unpaired) electrons. The molecule has 6 nitrogen and oxygen atoms in total. The van der Waals surface area contributed by atoms with Gasteiger partial charge in [0.1, 0.15) is 6.61 Å². The maximum atomic E-state index is 5.46. The zero-order valence-corrected chi connectivity index (χ0v) is 9.86. The zero-order valence-electron chi connectivity index (χ0n) is 9.86. The molecule has 0 fully saturated rings. The summed E-state index contributed by atoms with van der Waals surface area (Å²) in [6.07, 6.45) is 1.86. The van der Waals surface area contributed by atoms with E-state index in [0.29, 0.717) is 25.0 Å². The van der Waals surface area contributed by atoms with Crippen LogP contribution in [0.25, 0.3) is 0 Å². The molecule has 0 aliphatic rings. The van der Waals surface area contributed by atoms with Gasteiger partial charge in [0.15, 0.2) is 0 Å². The Morgan fingerprint density at radius 2 is 2.19 bits per heavy atom. The van der Waals surface area contributed by atoms with Crippen LogP contribution in [-0.4, -0.2) is 29.3 Å². The lowest BCUT2D eigenvalue weighted by Crippen LogP contribution is -2.14. The fourth-order valence-corrected chi connectivity index (χ4v) is 1.06. The first-order chi connectivity index (χ1) is 7.63. The Morgan fingerprint density at radius 3 is 2.81 bits per heavy atom. The van der Waals surface area contributed by atoms with Gasteiger partial charge in [0.05, 0.1) is 12.7 Å². The molecule has 1 aromatic rings. The molecule has 0 unspecified atom stereocenters. The minimum atomic E-state index is 0.205. The van der Waals surface area contributed by atoms with Crippen molar-refractivity contribution in [2.75, 3.05) is 18.6 Å². The van der Waals surface area contributed by atoms with E-state index in [1.807, 2.05) is 20.8 Å². The van der Waals surface area contributed by atoms with Gasteiger partial charge in [-0.2, -0.15) is 4.98 Å². The SMILES string of the molecule is Cc1cnc(NN)nc1OCCOC(C)C. The number of nitrogen functional groups attached to an aromatic ring is 1. The van der Waals surface area contributed by atoms with Crippen molar-refractivity contribution in [3.8, 4) is 5.88 Å². The largest absolute Gasteiger partial charge is 0.475 e. The fourth-order valence-electron chi connectivity index (χ4n) is 1.06. The third-order valence-corrected chi connectivity index (χ3v) is 1.83. The van der Waals surface area contributed by atoms with E-state index in [1.54, 1.807) is 6.20 Å². The van der Waals surface area contributed by atoms with E-state index < -0.39 is 0 Å². The molecule has 0 saturated carbocycles. The van der Waals surface area contributed by atoms with Gasteiger partial charge in [0.2, 0.25) is 11.8 Å². The maximum Gasteiger partial charge on any atom is 0.240 e. The molecule has 0 bridgehead atoms. The molecule has 0 saturated heterocycles. The lowest BCUT2D eigenvalue weighted by Gasteiger charge is -2.10. The third-order valence-electron chi connectivity index (χ3n) is 1.83. The van der Waals surface area contributed by atoms with E-state index in [2.05, 4.69) is 15.4 Å². The molecule has 0 atom stereocenters. The Kier molecular flexibility index (Phi) is 4.94. The Hall–Kier alpha value is -1.40. The smallest absolute Gasteiger partial charge is 0.240 e. The van der Waals surface area contributed by atoms with Crippen LogP contribution in [0.5, 0.6) is 5.88 Å². The zero-order chi connectivity index (χ0) is 12.0. The van der Waals surface area contributed by atoms with Crippen molar-refractivity contribution in [3.05, 3.63) is 11.8 Å². The first-order valence-corrected chi connectivity index (χ1v) is 5.18. The van der Waals surface area contributed by atoms with Gasteiger partial charge in [-0.1, -0.05) is 0 Å². The number of hydrazine groups is 1. The molecule has 1 rings (SSSR count). The molecule has 0 aliphatic carbocycles. The van der Waals surface area contributed by atoms with Crippen LogP contribution in [0.4, 0.5) is 5.95 Å². The van der Waals surface area contributed by atoms with Crippen LogP contribution < -0.4 is 16.0 Å². The highest BCUT2D eigenvalue weighted by Crippen LogP contribution is 2.14. The number of hydrogen-bond donors (Lipinski definition) is 2. The van der Waals surface area contributed by atoms with Gasteiger partial charge < -0.3 is 9.47 Å². The highest BCUT2D eigenvalue weighted by Gasteiger charge is 2.04. The van der Waals surface area contributed by atoms with Crippen LogP contribution in [0.2, 0.25) is 0 Å². The first kappa shape index (κ1) is 12.7. The molecule has 0 aromatic carbocycles. The van der Waals surface area contributed by atoms with Crippen molar-refractivity contribution in [3.63, 3.8) is 0 Å². The number of aryl methyl sites for hydroxylation is 1. The van der Waals surface area contributed by atoms with E-state index in [4.69, 9.17) is 15.3 Å². The summed E-state index contributed by atoms with van der Waals surface area (Å²) >= 11 is 0. The summed E-state index contributed by atoms with van der Waals surface area (Å²) in [6.45, 7) is 6.82. The molecule has 3 N–H and O–H groups in total. The molecule has 0 spiro atoms. The predicted molar refractivity (Wildman–Crippen MR) is 61.2 cm³/mol. The van der Waals surface area contributed by atoms with Gasteiger partial charge in [-0.3, -0.25) is 5.43 Å². The van der Waals surface area contributed by atoms with Gasteiger partial charge >= 0.3 is 0 Å². The van der Waals surface area contributed by atoms with E-state index in [-0.39, 0.29) is 6.10 Å². The molecule has 6 heteroatoms. The number of nitrogens with two attached hydrogens (primary N) is 1. The molecule has 1 heterocycles. The van der Waals surface area contributed by atoms with Crippen molar-refractivity contribution < 1.29 is 9.47 Å². The molecule has 16 heavy (non-hydrogen) atoms. The summed E-state index contributed by atoms with van der Waals surface area (Å²) in [4.78, 5) is 8.04. The number of ether oxygens (including phenoxy) is 2. The average Bonchev–Trinajstić information content (AvgIpc) is 2.26. The Balaban J connectivity index is 2.46. The number of aromatic nitrogens is 2. The van der Waals surface area contributed by atoms with Gasteiger partial charge in [0, 0.05) is 11.8 Å². The van der Waals surface area contributed by atoms with Gasteiger partial charge in [-0.05, 0) is 20.8 Å². The second-order valence-electron chi connectivity index (χ2n) is 3.59. The van der Waals surface area contributed by atoms with E-state index in [9.17, 15) is 0 Å². The fraction of sp³-hybridized carbons (Fsp3) is 0.600. The standard InChI is InChI=1S/C10H18N4O2/c1-7(2)15-4-5-16-9-8(3)6-12-10(13-9)14-11/h6-7H,4-5,11H2,1-3H3,(H,12,13,14). The van der Waals surface area contributed by atoms with Gasteiger partial charge in [0.25, 0.3) is 0 Å². The van der Waals surface area contributed by atoms with Crippen LogP contribution in [0, 0.1) is 6.92 Å². The molecular formula is C10H18N4O2.